The lowest BCUT2D eigenvalue weighted by molar-refractivity contribution is 0.101. The molecule has 24 heavy (non-hydrogen) atoms. The standard InChI is InChI=1S/C19H15Cl2NO2/c20-12-5-6-15(21)13(9-12)18(23)19-17(22)14-7-10-3-1-2-4-11(10)8-16(14)24-19/h5-9H,1-4,22H2. The zero-order valence-corrected chi connectivity index (χ0v) is 14.4. The highest BCUT2D eigenvalue weighted by Gasteiger charge is 2.23. The number of benzene rings is 2. The van der Waals surface area contributed by atoms with Gasteiger partial charge in [-0.1, -0.05) is 23.2 Å². The predicted octanol–water partition coefficient (Wildman–Crippen LogP) is 5.43. The van der Waals surface area contributed by atoms with E-state index in [1.54, 1.807) is 12.1 Å². The van der Waals surface area contributed by atoms with Gasteiger partial charge in [-0.2, -0.15) is 0 Å². The molecular formula is C19H15Cl2NO2. The van der Waals surface area contributed by atoms with Crippen LogP contribution < -0.4 is 5.73 Å². The Labute approximate surface area is 149 Å². The summed E-state index contributed by atoms with van der Waals surface area (Å²) < 4.78 is 5.80. The molecule has 3 nitrogen and oxygen atoms in total. The number of fused-ring (bicyclic) bond motifs is 2. The van der Waals surface area contributed by atoms with E-state index in [1.165, 1.54) is 30.0 Å². The number of furan rings is 1. The number of carbonyl (C=O) groups excluding carboxylic acids is 1. The Morgan fingerprint density at radius 1 is 1.04 bits per heavy atom. The van der Waals surface area contributed by atoms with Crippen molar-refractivity contribution in [2.75, 3.05) is 5.73 Å². The lowest BCUT2D eigenvalue weighted by atomic mass is 9.90. The van der Waals surface area contributed by atoms with E-state index < -0.39 is 0 Å². The van der Waals surface area contributed by atoms with Gasteiger partial charge in [-0.3, -0.25) is 4.79 Å². The Kier molecular flexibility index (Phi) is 3.78. The first-order chi connectivity index (χ1) is 11.5. The van der Waals surface area contributed by atoms with Gasteiger partial charge in [0.25, 0.3) is 0 Å². The zero-order valence-electron chi connectivity index (χ0n) is 12.9. The van der Waals surface area contributed by atoms with E-state index in [1.807, 2.05) is 6.07 Å². The number of carbonyl (C=O) groups is 1. The van der Waals surface area contributed by atoms with Gasteiger partial charge in [-0.25, -0.2) is 0 Å². The van der Waals surface area contributed by atoms with E-state index in [-0.39, 0.29) is 11.5 Å². The van der Waals surface area contributed by atoms with Crippen molar-refractivity contribution in [3.63, 3.8) is 0 Å². The second kappa shape index (κ2) is 5.83. The maximum atomic E-state index is 12.8. The van der Waals surface area contributed by atoms with Crippen molar-refractivity contribution in [2.24, 2.45) is 0 Å². The van der Waals surface area contributed by atoms with Crippen molar-refractivity contribution < 1.29 is 9.21 Å². The molecule has 1 aliphatic rings. The van der Waals surface area contributed by atoms with Crippen LogP contribution in [0, 0.1) is 0 Å². The summed E-state index contributed by atoms with van der Waals surface area (Å²) >= 11 is 12.1. The summed E-state index contributed by atoms with van der Waals surface area (Å²) in [6.07, 6.45) is 4.44. The molecule has 1 heterocycles. The van der Waals surface area contributed by atoms with Gasteiger partial charge in [0.15, 0.2) is 5.76 Å². The smallest absolute Gasteiger partial charge is 0.231 e. The van der Waals surface area contributed by atoms with Crippen molar-refractivity contribution in [1.82, 2.24) is 0 Å². The van der Waals surface area contributed by atoms with Crippen LogP contribution in [0.25, 0.3) is 11.0 Å². The first kappa shape index (κ1) is 15.6. The molecule has 4 rings (SSSR count). The quantitative estimate of drug-likeness (QED) is 0.620. The normalized spacial score (nSPS) is 13.9. The van der Waals surface area contributed by atoms with Crippen LogP contribution in [0.3, 0.4) is 0 Å². The van der Waals surface area contributed by atoms with Crippen molar-refractivity contribution in [3.8, 4) is 0 Å². The van der Waals surface area contributed by atoms with E-state index in [0.717, 1.165) is 18.2 Å². The van der Waals surface area contributed by atoms with Crippen LogP contribution in [0.1, 0.15) is 40.1 Å². The number of ketones is 1. The lowest BCUT2D eigenvalue weighted by Crippen LogP contribution is -2.04. The maximum Gasteiger partial charge on any atom is 0.231 e. The summed E-state index contributed by atoms with van der Waals surface area (Å²) in [7, 11) is 0. The SMILES string of the molecule is Nc1c(C(=O)c2cc(Cl)ccc2Cl)oc2cc3c(cc12)CCCC3. The van der Waals surface area contributed by atoms with Gasteiger partial charge in [-0.15, -0.1) is 0 Å². The van der Waals surface area contributed by atoms with Crippen LogP contribution in [0.4, 0.5) is 5.69 Å². The van der Waals surface area contributed by atoms with Crippen LogP contribution in [0.5, 0.6) is 0 Å². The van der Waals surface area contributed by atoms with Gasteiger partial charge in [0.1, 0.15) is 5.58 Å². The number of aryl methyl sites for hydroxylation is 2. The zero-order chi connectivity index (χ0) is 16.8. The van der Waals surface area contributed by atoms with Crippen molar-refractivity contribution >= 4 is 45.6 Å². The third-order valence-corrected chi connectivity index (χ3v) is 5.13. The fourth-order valence-electron chi connectivity index (χ4n) is 3.31. The number of hydrogen-bond donors (Lipinski definition) is 1. The molecule has 0 atom stereocenters. The van der Waals surface area contributed by atoms with Gasteiger partial charge in [0, 0.05) is 16.0 Å². The molecule has 0 amide bonds. The molecule has 0 radical (unpaired) electrons. The average molecular weight is 360 g/mol. The number of rotatable bonds is 2. The number of anilines is 1. The first-order valence-corrected chi connectivity index (χ1v) is 8.63. The van der Waals surface area contributed by atoms with Crippen LogP contribution in [-0.2, 0) is 12.8 Å². The minimum atomic E-state index is -0.353. The molecule has 3 aromatic rings. The number of hydrogen-bond acceptors (Lipinski definition) is 3. The Balaban J connectivity index is 1.86. The minimum Gasteiger partial charge on any atom is -0.450 e. The molecule has 0 fully saturated rings. The Morgan fingerprint density at radius 2 is 1.75 bits per heavy atom. The fourth-order valence-corrected chi connectivity index (χ4v) is 3.68. The van der Waals surface area contributed by atoms with E-state index in [2.05, 4.69) is 6.07 Å². The summed E-state index contributed by atoms with van der Waals surface area (Å²) in [4.78, 5) is 12.8. The third-order valence-electron chi connectivity index (χ3n) is 4.57. The molecule has 2 aromatic carbocycles. The van der Waals surface area contributed by atoms with E-state index in [9.17, 15) is 4.79 Å². The van der Waals surface area contributed by atoms with Crippen molar-refractivity contribution in [1.29, 1.82) is 0 Å². The van der Waals surface area contributed by atoms with E-state index in [0.29, 0.717) is 26.9 Å². The summed E-state index contributed by atoms with van der Waals surface area (Å²) in [5.74, 6) is -0.231. The molecule has 1 aromatic heterocycles. The second-order valence-electron chi connectivity index (χ2n) is 6.12. The molecule has 5 heteroatoms. The van der Waals surface area contributed by atoms with Crippen molar-refractivity contribution in [2.45, 2.75) is 25.7 Å². The van der Waals surface area contributed by atoms with E-state index in [4.69, 9.17) is 33.4 Å². The number of nitrogen functional groups attached to an aromatic ring is 1. The molecule has 0 spiro atoms. The summed E-state index contributed by atoms with van der Waals surface area (Å²) in [6, 6.07) is 8.82. The van der Waals surface area contributed by atoms with Crippen LogP contribution >= 0.6 is 23.2 Å². The van der Waals surface area contributed by atoms with E-state index >= 15 is 0 Å². The molecule has 122 valence electrons. The van der Waals surface area contributed by atoms with Gasteiger partial charge in [-0.05, 0) is 67.1 Å². The lowest BCUT2D eigenvalue weighted by Gasteiger charge is -2.14. The third kappa shape index (κ3) is 2.48. The molecule has 0 saturated carbocycles. The maximum absolute atomic E-state index is 12.8. The number of nitrogens with two attached hydrogens (primary N) is 1. The highest BCUT2D eigenvalue weighted by atomic mass is 35.5. The number of halogens is 2. The molecule has 0 aliphatic heterocycles. The van der Waals surface area contributed by atoms with Gasteiger partial charge in [0.2, 0.25) is 5.78 Å². The van der Waals surface area contributed by atoms with Crippen molar-refractivity contribution in [3.05, 3.63) is 62.8 Å². The monoisotopic (exact) mass is 359 g/mol. The molecule has 0 bridgehead atoms. The molecule has 0 saturated heterocycles. The predicted molar refractivity (Wildman–Crippen MR) is 97.2 cm³/mol. The largest absolute Gasteiger partial charge is 0.450 e. The summed E-state index contributed by atoms with van der Waals surface area (Å²) in [6.45, 7) is 0. The summed E-state index contributed by atoms with van der Waals surface area (Å²) in [5.41, 5.74) is 10.1. The molecule has 1 aliphatic carbocycles. The fraction of sp³-hybridized carbons (Fsp3) is 0.211. The average Bonchev–Trinajstić information content (AvgIpc) is 2.90. The topological polar surface area (TPSA) is 56.2 Å². The molecular weight excluding hydrogens is 345 g/mol. The Morgan fingerprint density at radius 3 is 2.50 bits per heavy atom. The molecule has 0 unspecified atom stereocenters. The highest BCUT2D eigenvalue weighted by molar-refractivity contribution is 6.37. The Hall–Kier alpha value is -1.97. The van der Waals surface area contributed by atoms with Gasteiger partial charge >= 0.3 is 0 Å². The van der Waals surface area contributed by atoms with Crippen LogP contribution in [-0.4, -0.2) is 5.78 Å². The van der Waals surface area contributed by atoms with Crippen LogP contribution in [0.15, 0.2) is 34.7 Å². The molecule has 2 N–H and O–H groups in total. The van der Waals surface area contributed by atoms with Gasteiger partial charge in [0.05, 0.1) is 10.7 Å². The second-order valence-corrected chi connectivity index (χ2v) is 6.97. The Bertz CT molecular complexity index is 975. The summed E-state index contributed by atoms with van der Waals surface area (Å²) in [5, 5.41) is 1.55. The first-order valence-electron chi connectivity index (χ1n) is 7.88. The highest BCUT2D eigenvalue weighted by Crippen LogP contribution is 2.35. The van der Waals surface area contributed by atoms with Gasteiger partial charge < -0.3 is 10.2 Å². The van der Waals surface area contributed by atoms with Crippen LogP contribution in [0.2, 0.25) is 10.0 Å². The minimum absolute atomic E-state index is 0.122.